The Kier molecular flexibility index (Phi) is 2.26. The summed E-state index contributed by atoms with van der Waals surface area (Å²) in [6.45, 7) is 5.43. The predicted molar refractivity (Wildman–Crippen MR) is 60.6 cm³/mol. The molecular formula is C10H13N5O. The van der Waals surface area contributed by atoms with Gasteiger partial charge in [-0.25, -0.2) is 9.97 Å². The minimum atomic E-state index is -0.317. The number of rotatable bonds is 1. The Morgan fingerprint density at radius 2 is 1.81 bits per heavy atom. The second-order valence-electron chi connectivity index (χ2n) is 3.74. The quantitative estimate of drug-likeness (QED) is 0.729. The predicted octanol–water partition coefficient (Wildman–Crippen LogP) is 0.463. The fourth-order valence-corrected chi connectivity index (χ4v) is 1.51. The van der Waals surface area contributed by atoms with Crippen molar-refractivity contribution in [3.63, 3.8) is 0 Å². The van der Waals surface area contributed by atoms with E-state index in [1.54, 1.807) is 6.92 Å². The van der Waals surface area contributed by atoms with Gasteiger partial charge in [0.1, 0.15) is 5.69 Å². The van der Waals surface area contributed by atoms with Crippen LogP contribution in [0, 0.1) is 20.8 Å². The van der Waals surface area contributed by atoms with E-state index < -0.39 is 0 Å². The van der Waals surface area contributed by atoms with E-state index in [0.717, 1.165) is 11.4 Å². The summed E-state index contributed by atoms with van der Waals surface area (Å²) in [6.07, 6.45) is 0. The van der Waals surface area contributed by atoms with Crippen LogP contribution in [0.1, 0.15) is 17.1 Å². The number of nitrogens with zero attached hydrogens (tertiary/aromatic N) is 3. The Hall–Kier alpha value is -2.11. The Balaban J connectivity index is 2.67. The van der Waals surface area contributed by atoms with Gasteiger partial charge < -0.3 is 5.73 Å². The molecule has 6 nitrogen and oxygen atoms in total. The van der Waals surface area contributed by atoms with E-state index in [-0.39, 0.29) is 11.2 Å². The third-order valence-electron chi connectivity index (χ3n) is 2.29. The first-order valence-electron chi connectivity index (χ1n) is 4.89. The fourth-order valence-electron chi connectivity index (χ4n) is 1.51. The molecule has 0 aliphatic heterocycles. The highest BCUT2D eigenvalue weighted by molar-refractivity contribution is 5.41. The molecule has 0 aromatic carbocycles. The lowest BCUT2D eigenvalue weighted by Gasteiger charge is -2.02. The molecule has 2 heterocycles. The molecule has 0 radical (unpaired) electrons. The number of hydrogen-bond acceptors (Lipinski definition) is 4. The molecule has 0 aliphatic carbocycles. The molecular weight excluding hydrogens is 206 g/mol. The zero-order chi connectivity index (χ0) is 11.9. The Morgan fingerprint density at radius 1 is 1.25 bits per heavy atom. The van der Waals surface area contributed by atoms with Crippen molar-refractivity contribution in [1.82, 2.24) is 19.7 Å². The molecule has 2 rings (SSSR count). The largest absolute Gasteiger partial charge is 0.393 e. The second kappa shape index (κ2) is 3.48. The number of aromatic nitrogens is 4. The van der Waals surface area contributed by atoms with Crippen LogP contribution < -0.4 is 11.3 Å². The van der Waals surface area contributed by atoms with Crippen molar-refractivity contribution in [1.29, 1.82) is 0 Å². The first kappa shape index (κ1) is 10.4. The maximum Gasteiger partial charge on any atom is 0.297 e. The number of nitrogens with one attached hydrogen (secondary N) is 1. The molecule has 6 heteroatoms. The number of aryl methyl sites for hydroxylation is 3. The Labute approximate surface area is 92.1 Å². The van der Waals surface area contributed by atoms with E-state index in [0.29, 0.717) is 11.6 Å². The van der Waals surface area contributed by atoms with Crippen LogP contribution in [0.15, 0.2) is 10.9 Å². The zero-order valence-electron chi connectivity index (χ0n) is 9.40. The number of anilines is 1. The van der Waals surface area contributed by atoms with Crippen LogP contribution in [-0.4, -0.2) is 19.7 Å². The molecule has 0 fully saturated rings. The number of aromatic amines is 1. The molecule has 84 valence electrons. The smallest absolute Gasteiger partial charge is 0.297 e. The first-order valence-corrected chi connectivity index (χ1v) is 4.89. The van der Waals surface area contributed by atoms with Gasteiger partial charge in [0, 0.05) is 11.4 Å². The molecule has 0 bridgehead atoms. The molecule has 2 aromatic rings. The topological polar surface area (TPSA) is 89.6 Å². The van der Waals surface area contributed by atoms with E-state index in [1.807, 2.05) is 19.9 Å². The van der Waals surface area contributed by atoms with E-state index in [9.17, 15) is 4.79 Å². The SMILES string of the molecule is Cc1cc(C)nc(-n2[nH]c(C)c(N)c2=O)n1. The van der Waals surface area contributed by atoms with Gasteiger partial charge in [0.15, 0.2) is 0 Å². The average Bonchev–Trinajstić information content (AvgIpc) is 2.44. The maximum absolute atomic E-state index is 11.7. The summed E-state index contributed by atoms with van der Waals surface area (Å²) in [5, 5.41) is 2.84. The summed E-state index contributed by atoms with van der Waals surface area (Å²) in [6, 6.07) is 1.84. The lowest BCUT2D eigenvalue weighted by molar-refractivity contribution is 0.763. The normalized spacial score (nSPS) is 10.7. The molecule has 3 N–H and O–H groups in total. The van der Waals surface area contributed by atoms with Crippen LogP contribution in [0.2, 0.25) is 0 Å². The van der Waals surface area contributed by atoms with Crippen molar-refractivity contribution in [2.75, 3.05) is 5.73 Å². The number of nitrogens with two attached hydrogens (primary N) is 1. The van der Waals surface area contributed by atoms with Crippen molar-refractivity contribution in [3.05, 3.63) is 33.5 Å². The molecule has 16 heavy (non-hydrogen) atoms. The summed E-state index contributed by atoms with van der Waals surface area (Å²) in [7, 11) is 0. The summed E-state index contributed by atoms with van der Waals surface area (Å²) >= 11 is 0. The number of H-pyrrole nitrogens is 1. The van der Waals surface area contributed by atoms with Crippen molar-refractivity contribution >= 4 is 5.69 Å². The molecule has 0 aliphatic rings. The molecule has 2 aromatic heterocycles. The van der Waals surface area contributed by atoms with E-state index >= 15 is 0 Å². The standard InChI is InChI=1S/C10H13N5O/c1-5-4-6(2)13-10(12-5)15-9(16)8(11)7(3)14-15/h4,14H,11H2,1-3H3. The van der Waals surface area contributed by atoms with Gasteiger partial charge in [-0.15, -0.1) is 0 Å². The Bertz CT molecular complexity index is 575. The molecule has 0 unspecified atom stereocenters. The fraction of sp³-hybridized carbons (Fsp3) is 0.300. The van der Waals surface area contributed by atoms with Crippen LogP contribution in [0.4, 0.5) is 5.69 Å². The average molecular weight is 219 g/mol. The van der Waals surface area contributed by atoms with Crippen molar-refractivity contribution in [2.45, 2.75) is 20.8 Å². The van der Waals surface area contributed by atoms with Gasteiger partial charge >= 0.3 is 0 Å². The third kappa shape index (κ3) is 1.58. The van der Waals surface area contributed by atoms with E-state index in [2.05, 4.69) is 15.1 Å². The second-order valence-corrected chi connectivity index (χ2v) is 3.74. The minimum absolute atomic E-state index is 0.197. The monoisotopic (exact) mass is 219 g/mol. The van der Waals surface area contributed by atoms with Gasteiger partial charge in [-0.3, -0.25) is 9.89 Å². The molecule has 0 saturated carbocycles. The summed E-state index contributed by atoms with van der Waals surface area (Å²) in [5.74, 6) is 0.322. The van der Waals surface area contributed by atoms with Crippen LogP contribution >= 0.6 is 0 Å². The van der Waals surface area contributed by atoms with Crippen LogP contribution in [0.3, 0.4) is 0 Å². The van der Waals surface area contributed by atoms with Crippen molar-refractivity contribution in [3.8, 4) is 5.95 Å². The van der Waals surface area contributed by atoms with Crippen molar-refractivity contribution in [2.24, 2.45) is 0 Å². The first-order chi connectivity index (χ1) is 7.49. The highest BCUT2D eigenvalue weighted by Gasteiger charge is 2.11. The zero-order valence-corrected chi connectivity index (χ0v) is 9.40. The number of hydrogen-bond donors (Lipinski definition) is 2. The van der Waals surface area contributed by atoms with Crippen LogP contribution in [0.25, 0.3) is 5.95 Å². The van der Waals surface area contributed by atoms with Gasteiger partial charge in [-0.05, 0) is 26.8 Å². The van der Waals surface area contributed by atoms with E-state index in [1.165, 1.54) is 4.68 Å². The third-order valence-corrected chi connectivity index (χ3v) is 2.29. The van der Waals surface area contributed by atoms with Gasteiger partial charge in [-0.1, -0.05) is 0 Å². The highest BCUT2D eigenvalue weighted by Crippen LogP contribution is 2.05. The molecule has 0 amide bonds. The number of nitrogen functional groups attached to an aromatic ring is 1. The highest BCUT2D eigenvalue weighted by atomic mass is 16.1. The summed E-state index contributed by atoms with van der Waals surface area (Å²) < 4.78 is 1.25. The van der Waals surface area contributed by atoms with Gasteiger partial charge in [0.2, 0.25) is 0 Å². The lowest BCUT2D eigenvalue weighted by Crippen LogP contribution is -2.19. The van der Waals surface area contributed by atoms with Crippen LogP contribution in [0.5, 0.6) is 0 Å². The lowest BCUT2D eigenvalue weighted by atomic mass is 10.4. The Morgan fingerprint density at radius 3 is 2.25 bits per heavy atom. The minimum Gasteiger partial charge on any atom is -0.393 e. The van der Waals surface area contributed by atoms with E-state index in [4.69, 9.17) is 5.73 Å². The van der Waals surface area contributed by atoms with Gasteiger partial charge in [0.25, 0.3) is 11.5 Å². The summed E-state index contributed by atoms with van der Waals surface area (Å²) in [4.78, 5) is 20.1. The molecule has 0 atom stereocenters. The van der Waals surface area contributed by atoms with Crippen LogP contribution in [-0.2, 0) is 0 Å². The van der Waals surface area contributed by atoms with Crippen molar-refractivity contribution < 1.29 is 0 Å². The maximum atomic E-state index is 11.7. The molecule has 0 saturated heterocycles. The van der Waals surface area contributed by atoms with Gasteiger partial charge in [-0.2, -0.15) is 4.68 Å². The summed E-state index contributed by atoms with van der Waals surface area (Å²) in [5.41, 5.74) is 7.71. The molecule has 0 spiro atoms. The van der Waals surface area contributed by atoms with Gasteiger partial charge in [0.05, 0.1) is 5.69 Å².